The molecular formula is C17H14N2O4. The number of benzene rings is 2. The molecule has 0 bridgehead atoms. The fourth-order valence-electron chi connectivity index (χ4n) is 2.34. The van der Waals surface area contributed by atoms with Crippen LogP contribution >= 0.6 is 0 Å². The van der Waals surface area contributed by atoms with Gasteiger partial charge in [0.15, 0.2) is 11.5 Å². The van der Waals surface area contributed by atoms with Crippen LogP contribution in [0.1, 0.15) is 26.3 Å². The summed E-state index contributed by atoms with van der Waals surface area (Å²) in [5, 5.41) is 4.88. The number of methoxy groups -OCH3 is 2. The summed E-state index contributed by atoms with van der Waals surface area (Å²) in [5.41, 5.74) is 1.41. The zero-order valence-electron chi connectivity index (χ0n) is 12.6. The van der Waals surface area contributed by atoms with Gasteiger partial charge < -0.3 is 9.47 Å². The summed E-state index contributed by atoms with van der Waals surface area (Å²) in [6.45, 7) is 0. The van der Waals surface area contributed by atoms with Crippen LogP contribution < -0.4 is 9.47 Å². The molecule has 0 atom stereocenters. The summed E-state index contributed by atoms with van der Waals surface area (Å²) in [6, 6.07) is 11.8. The van der Waals surface area contributed by atoms with Crippen molar-refractivity contribution in [2.75, 3.05) is 14.2 Å². The quantitative estimate of drug-likeness (QED) is 0.642. The Bertz CT molecular complexity index is 779. The van der Waals surface area contributed by atoms with E-state index in [0.29, 0.717) is 28.2 Å². The van der Waals surface area contributed by atoms with Gasteiger partial charge in [0, 0.05) is 0 Å². The Hall–Kier alpha value is -3.15. The Labute approximate surface area is 132 Å². The number of amides is 2. The van der Waals surface area contributed by atoms with E-state index in [1.54, 1.807) is 49.6 Å². The normalized spacial score (nSPS) is 13.6. The van der Waals surface area contributed by atoms with Gasteiger partial charge in [-0.3, -0.25) is 9.59 Å². The van der Waals surface area contributed by atoms with Gasteiger partial charge in [-0.2, -0.15) is 10.1 Å². The molecule has 0 saturated heterocycles. The molecule has 0 radical (unpaired) electrons. The molecule has 0 spiro atoms. The van der Waals surface area contributed by atoms with E-state index in [0.717, 1.165) is 5.01 Å². The fraction of sp³-hybridized carbons (Fsp3) is 0.118. The number of carbonyl (C=O) groups is 2. The first-order chi connectivity index (χ1) is 11.2. The zero-order chi connectivity index (χ0) is 16.4. The molecule has 0 unspecified atom stereocenters. The van der Waals surface area contributed by atoms with Crippen molar-refractivity contribution in [1.82, 2.24) is 5.01 Å². The van der Waals surface area contributed by atoms with E-state index >= 15 is 0 Å². The second kappa shape index (κ2) is 5.92. The van der Waals surface area contributed by atoms with Crippen molar-refractivity contribution in [3.05, 3.63) is 59.2 Å². The zero-order valence-corrected chi connectivity index (χ0v) is 12.6. The molecule has 0 saturated carbocycles. The van der Waals surface area contributed by atoms with Crippen LogP contribution in [-0.4, -0.2) is 37.3 Å². The fourth-order valence-corrected chi connectivity index (χ4v) is 2.34. The van der Waals surface area contributed by atoms with Gasteiger partial charge in [0.25, 0.3) is 11.8 Å². The molecule has 6 heteroatoms. The van der Waals surface area contributed by atoms with Crippen LogP contribution in [-0.2, 0) is 0 Å². The van der Waals surface area contributed by atoms with Gasteiger partial charge in [-0.15, -0.1) is 0 Å². The highest BCUT2D eigenvalue weighted by molar-refractivity contribution is 6.21. The van der Waals surface area contributed by atoms with Gasteiger partial charge in [-0.25, -0.2) is 0 Å². The number of ether oxygens (including phenoxy) is 2. The molecule has 0 N–H and O–H groups in total. The van der Waals surface area contributed by atoms with Crippen molar-refractivity contribution in [2.24, 2.45) is 5.10 Å². The molecule has 1 aliphatic rings. The number of nitrogens with zero attached hydrogens (tertiary/aromatic N) is 2. The van der Waals surface area contributed by atoms with Crippen LogP contribution in [0.25, 0.3) is 0 Å². The maximum Gasteiger partial charge on any atom is 0.282 e. The molecule has 2 amide bonds. The first-order valence-corrected chi connectivity index (χ1v) is 6.89. The maximum absolute atomic E-state index is 12.2. The molecule has 2 aromatic carbocycles. The number of hydrogen-bond donors (Lipinski definition) is 0. The lowest BCUT2D eigenvalue weighted by molar-refractivity contribution is 0.0660. The van der Waals surface area contributed by atoms with Crippen molar-refractivity contribution >= 4 is 18.0 Å². The molecule has 23 heavy (non-hydrogen) atoms. The summed E-state index contributed by atoms with van der Waals surface area (Å²) in [5.74, 6) is 0.272. The Kier molecular flexibility index (Phi) is 3.80. The SMILES string of the molecule is COc1ccc(/C=N\N2C(=O)c3ccccc3C2=O)cc1OC. The lowest BCUT2D eigenvalue weighted by atomic mass is 10.1. The average molecular weight is 310 g/mol. The van der Waals surface area contributed by atoms with Gasteiger partial charge >= 0.3 is 0 Å². The number of imide groups is 1. The molecule has 0 aromatic heterocycles. The van der Waals surface area contributed by atoms with Crippen molar-refractivity contribution in [1.29, 1.82) is 0 Å². The highest BCUT2D eigenvalue weighted by atomic mass is 16.5. The van der Waals surface area contributed by atoms with Crippen LogP contribution in [0.2, 0.25) is 0 Å². The van der Waals surface area contributed by atoms with Gasteiger partial charge in [0.05, 0.1) is 31.6 Å². The van der Waals surface area contributed by atoms with Crippen molar-refractivity contribution in [3.8, 4) is 11.5 Å². The number of fused-ring (bicyclic) bond motifs is 1. The van der Waals surface area contributed by atoms with Crippen LogP contribution in [0.5, 0.6) is 11.5 Å². The van der Waals surface area contributed by atoms with E-state index in [4.69, 9.17) is 9.47 Å². The smallest absolute Gasteiger partial charge is 0.282 e. The third-order valence-electron chi connectivity index (χ3n) is 3.50. The Morgan fingerprint density at radius 1 is 0.913 bits per heavy atom. The predicted octanol–water partition coefficient (Wildman–Crippen LogP) is 2.33. The monoisotopic (exact) mass is 310 g/mol. The summed E-state index contributed by atoms with van der Waals surface area (Å²) in [4.78, 5) is 24.4. The van der Waals surface area contributed by atoms with E-state index in [-0.39, 0.29) is 0 Å². The molecular weight excluding hydrogens is 296 g/mol. The van der Waals surface area contributed by atoms with Crippen LogP contribution in [0.3, 0.4) is 0 Å². The Morgan fingerprint density at radius 3 is 2.09 bits per heavy atom. The number of hydrogen-bond acceptors (Lipinski definition) is 5. The lowest BCUT2D eigenvalue weighted by Gasteiger charge is -2.08. The molecule has 2 aromatic rings. The number of hydrazone groups is 1. The largest absolute Gasteiger partial charge is 0.493 e. The molecule has 116 valence electrons. The van der Waals surface area contributed by atoms with E-state index in [1.807, 2.05) is 0 Å². The summed E-state index contributed by atoms with van der Waals surface area (Å²) < 4.78 is 10.4. The van der Waals surface area contributed by atoms with Gasteiger partial charge in [0.2, 0.25) is 0 Å². The molecule has 1 heterocycles. The molecule has 0 fully saturated rings. The highest BCUT2D eigenvalue weighted by Gasteiger charge is 2.35. The summed E-state index contributed by atoms with van der Waals surface area (Å²) in [6.07, 6.45) is 1.43. The van der Waals surface area contributed by atoms with Gasteiger partial charge in [0.1, 0.15) is 0 Å². The van der Waals surface area contributed by atoms with E-state index < -0.39 is 11.8 Å². The Morgan fingerprint density at radius 2 is 1.52 bits per heavy atom. The first-order valence-electron chi connectivity index (χ1n) is 6.89. The van der Waals surface area contributed by atoms with Crippen LogP contribution in [0.4, 0.5) is 0 Å². The average Bonchev–Trinajstić information content (AvgIpc) is 2.84. The minimum atomic E-state index is -0.428. The van der Waals surface area contributed by atoms with E-state index in [1.165, 1.54) is 13.3 Å². The Balaban J connectivity index is 1.87. The molecule has 3 rings (SSSR count). The molecule has 1 aliphatic heterocycles. The van der Waals surface area contributed by atoms with E-state index in [2.05, 4.69) is 5.10 Å². The third-order valence-corrected chi connectivity index (χ3v) is 3.50. The maximum atomic E-state index is 12.2. The standard InChI is InChI=1S/C17H14N2O4/c1-22-14-8-7-11(9-15(14)23-2)10-18-19-16(20)12-5-3-4-6-13(12)17(19)21/h3-10H,1-2H3/b18-10-. The number of carbonyl (C=O) groups excluding carboxylic acids is 2. The minimum Gasteiger partial charge on any atom is -0.493 e. The summed E-state index contributed by atoms with van der Waals surface area (Å²) in [7, 11) is 3.08. The van der Waals surface area contributed by atoms with Crippen LogP contribution in [0, 0.1) is 0 Å². The third kappa shape index (κ3) is 2.55. The molecule has 6 nitrogen and oxygen atoms in total. The number of rotatable bonds is 4. The molecule has 0 aliphatic carbocycles. The van der Waals surface area contributed by atoms with Gasteiger partial charge in [-0.05, 0) is 35.9 Å². The second-order valence-corrected chi connectivity index (χ2v) is 4.83. The lowest BCUT2D eigenvalue weighted by Crippen LogP contribution is -2.23. The predicted molar refractivity (Wildman–Crippen MR) is 84.1 cm³/mol. The van der Waals surface area contributed by atoms with Crippen molar-refractivity contribution in [2.45, 2.75) is 0 Å². The van der Waals surface area contributed by atoms with Crippen molar-refractivity contribution < 1.29 is 19.1 Å². The van der Waals surface area contributed by atoms with Gasteiger partial charge in [-0.1, -0.05) is 12.1 Å². The van der Waals surface area contributed by atoms with Crippen molar-refractivity contribution in [3.63, 3.8) is 0 Å². The second-order valence-electron chi connectivity index (χ2n) is 4.83. The topological polar surface area (TPSA) is 68.2 Å². The first kappa shape index (κ1) is 14.8. The van der Waals surface area contributed by atoms with E-state index in [9.17, 15) is 9.59 Å². The minimum absolute atomic E-state index is 0.363. The highest BCUT2D eigenvalue weighted by Crippen LogP contribution is 2.27. The van der Waals surface area contributed by atoms with Crippen LogP contribution in [0.15, 0.2) is 47.6 Å². The summed E-state index contributed by atoms with van der Waals surface area (Å²) >= 11 is 0.